The van der Waals surface area contributed by atoms with Crippen LogP contribution in [0.1, 0.15) is 0 Å². The van der Waals surface area contributed by atoms with E-state index in [4.69, 9.17) is 4.55 Å². The maximum Gasteiger partial charge on any atom is 0.295 e. The summed E-state index contributed by atoms with van der Waals surface area (Å²) < 4.78 is 31.2. The molecule has 88 valence electrons. The van der Waals surface area contributed by atoms with Crippen molar-refractivity contribution in [1.82, 2.24) is 0 Å². The molecule has 0 fully saturated rings. The van der Waals surface area contributed by atoms with Crippen LogP contribution in [-0.2, 0) is 10.1 Å². The number of rotatable bonds is 2. The van der Waals surface area contributed by atoms with Crippen LogP contribution in [0.2, 0.25) is 0 Å². The lowest BCUT2D eigenvalue weighted by molar-refractivity contribution is -0.383. The van der Waals surface area contributed by atoms with Gasteiger partial charge in [0.05, 0.1) is 10.3 Å². The van der Waals surface area contributed by atoms with Crippen molar-refractivity contribution in [3.63, 3.8) is 0 Å². The van der Waals surface area contributed by atoms with Gasteiger partial charge in [0, 0.05) is 11.5 Å². The lowest BCUT2D eigenvalue weighted by Gasteiger charge is -2.03. The first kappa shape index (κ1) is 11.5. The summed E-state index contributed by atoms with van der Waals surface area (Å²) in [6.07, 6.45) is 0. The van der Waals surface area contributed by atoms with Crippen LogP contribution in [-0.4, -0.2) is 17.9 Å². The van der Waals surface area contributed by atoms with Crippen LogP contribution in [0.25, 0.3) is 10.8 Å². The molecule has 0 aliphatic carbocycles. The molecule has 2 rings (SSSR count). The van der Waals surface area contributed by atoms with Crippen molar-refractivity contribution in [3.8, 4) is 0 Å². The molecule has 0 aliphatic rings. The highest BCUT2D eigenvalue weighted by atomic mass is 32.2. The molecule has 1 N–H and O–H groups in total. The Hall–Kier alpha value is -1.99. The first-order valence-electron chi connectivity index (χ1n) is 4.55. The second-order valence-corrected chi connectivity index (χ2v) is 4.75. The molecular weight excluding hydrogens is 246 g/mol. The molecule has 0 unspecified atom stereocenters. The maximum atomic E-state index is 11.1. The van der Waals surface area contributed by atoms with Crippen molar-refractivity contribution in [2.45, 2.75) is 4.90 Å². The van der Waals surface area contributed by atoms with Gasteiger partial charge in [-0.05, 0) is 12.1 Å². The number of nitrogens with zero attached hydrogens (tertiary/aromatic N) is 1. The number of hydrogen-bond donors (Lipinski definition) is 1. The minimum absolute atomic E-state index is 0.129. The Bertz CT molecular complexity index is 708. The second-order valence-electron chi connectivity index (χ2n) is 3.36. The van der Waals surface area contributed by atoms with E-state index < -0.39 is 15.0 Å². The molecule has 0 aliphatic heterocycles. The molecule has 0 saturated carbocycles. The Morgan fingerprint density at radius 1 is 1.06 bits per heavy atom. The van der Waals surface area contributed by atoms with E-state index in [0.717, 1.165) is 12.1 Å². The molecule has 0 aromatic heterocycles. The maximum absolute atomic E-state index is 11.1. The standard InChI is InChI=1S/C10H7NO5S/c12-11(13)9-5-6-10(17(14,15)16)8-4-2-1-3-7(8)9/h1-6H,(H,14,15,16). The van der Waals surface area contributed by atoms with Gasteiger partial charge in [-0.1, -0.05) is 18.2 Å². The zero-order valence-electron chi connectivity index (χ0n) is 8.40. The second kappa shape index (κ2) is 3.79. The number of nitro groups is 1. The smallest absolute Gasteiger partial charge is 0.282 e. The monoisotopic (exact) mass is 253 g/mol. The molecule has 17 heavy (non-hydrogen) atoms. The van der Waals surface area contributed by atoms with E-state index in [0.29, 0.717) is 0 Å². The van der Waals surface area contributed by atoms with Crippen molar-refractivity contribution >= 4 is 26.6 Å². The topological polar surface area (TPSA) is 97.5 Å². The van der Waals surface area contributed by atoms with Crippen LogP contribution in [0.3, 0.4) is 0 Å². The van der Waals surface area contributed by atoms with E-state index in [1.807, 2.05) is 0 Å². The van der Waals surface area contributed by atoms with Gasteiger partial charge in [-0.2, -0.15) is 8.42 Å². The summed E-state index contributed by atoms with van der Waals surface area (Å²) in [6.45, 7) is 0. The highest BCUT2D eigenvalue weighted by Crippen LogP contribution is 2.30. The van der Waals surface area contributed by atoms with E-state index in [2.05, 4.69) is 0 Å². The summed E-state index contributed by atoms with van der Waals surface area (Å²) in [6, 6.07) is 8.03. The molecule has 0 heterocycles. The Kier molecular flexibility index (Phi) is 2.56. The summed E-state index contributed by atoms with van der Waals surface area (Å²) in [7, 11) is -4.39. The molecular formula is C10H7NO5S. The fourth-order valence-electron chi connectivity index (χ4n) is 1.64. The number of non-ortho nitro benzene ring substituents is 1. The minimum Gasteiger partial charge on any atom is -0.282 e. The van der Waals surface area contributed by atoms with Gasteiger partial charge < -0.3 is 0 Å². The van der Waals surface area contributed by atoms with Gasteiger partial charge in [-0.25, -0.2) is 0 Å². The van der Waals surface area contributed by atoms with E-state index in [-0.39, 0.29) is 21.4 Å². The van der Waals surface area contributed by atoms with Gasteiger partial charge in [0.25, 0.3) is 15.8 Å². The zero-order valence-corrected chi connectivity index (χ0v) is 9.22. The SMILES string of the molecule is O=[N+]([O-])c1ccc(S(=O)(=O)O)c2ccccc12. The van der Waals surface area contributed by atoms with Crippen LogP contribution in [0.4, 0.5) is 5.69 Å². The molecule has 0 spiro atoms. The van der Waals surface area contributed by atoms with Crippen molar-refractivity contribution in [2.75, 3.05) is 0 Å². The fourth-order valence-corrected chi connectivity index (χ4v) is 2.34. The van der Waals surface area contributed by atoms with Gasteiger partial charge in [-0.3, -0.25) is 14.7 Å². The Morgan fingerprint density at radius 3 is 2.18 bits per heavy atom. The minimum atomic E-state index is -4.39. The van der Waals surface area contributed by atoms with Gasteiger partial charge in [0.2, 0.25) is 0 Å². The highest BCUT2D eigenvalue weighted by molar-refractivity contribution is 7.86. The molecule has 7 heteroatoms. The van der Waals surface area contributed by atoms with Crippen LogP contribution >= 0.6 is 0 Å². The normalized spacial score (nSPS) is 11.6. The van der Waals surface area contributed by atoms with Crippen molar-refractivity contribution < 1.29 is 17.9 Å². The third-order valence-corrected chi connectivity index (χ3v) is 3.25. The average Bonchev–Trinajstić information content (AvgIpc) is 2.26. The van der Waals surface area contributed by atoms with Gasteiger partial charge >= 0.3 is 0 Å². The van der Waals surface area contributed by atoms with Crippen LogP contribution < -0.4 is 0 Å². The number of fused-ring (bicyclic) bond motifs is 1. The summed E-state index contributed by atoms with van der Waals surface area (Å²) in [5.41, 5.74) is -0.201. The first-order chi connectivity index (χ1) is 7.91. The third-order valence-electron chi connectivity index (χ3n) is 2.34. The van der Waals surface area contributed by atoms with E-state index in [9.17, 15) is 18.5 Å². The fraction of sp³-hybridized carbons (Fsp3) is 0. The Balaban J connectivity index is 2.95. The average molecular weight is 253 g/mol. The molecule has 0 bridgehead atoms. The summed E-state index contributed by atoms with van der Waals surface area (Å²) in [5, 5.41) is 11.1. The van der Waals surface area contributed by atoms with Crippen molar-refractivity contribution in [3.05, 3.63) is 46.5 Å². The van der Waals surface area contributed by atoms with E-state index in [1.165, 1.54) is 12.1 Å². The van der Waals surface area contributed by atoms with Gasteiger partial charge in [-0.15, -0.1) is 0 Å². The van der Waals surface area contributed by atoms with Crippen LogP contribution in [0, 0.1) is 10.1 Å². The largest absolute Gasteiger partial charge is 0.295 e. The van der Waals surface area contributed by atoms with Gasteiger partial charge in [0.1, 0.15) is 4.90 Å². The molecule has 2 aromatic carbocycles. The predicted octanol–water partition coefficient (Wildman–Crippen LogP) is 1.99. The predicted molar refractivity (Wildman–Crippen MR) is 60.4 cm³/mol. The third kappa shape index (κ3) is 1.97. The van der Waals surface area contributed by atoms with Crippen molar-refractivity contribution in [2.24, 2.45) is 0 Å². The molecule has 2 aromatic rings. The summed E-state index contributed by atoms with van der Waals surface area (Å²) >= 11 is 0. The first-order valence-corrected chi connectivity index (χ1v) is 5.99. The van der Waals surface area contributed by atoms with Gasteiger partial charge in [0.15, 0.2) is 0 Å². The molecule has 0 saturated heterocycles. The quantitative estimate of drug-likeness (QED) is 0.501. The van der Waals surface area contributed by atoms with Crippen LogP contribution in [0.5, 0.6) is 0 Å². The van der Waals surface area contributed by atoms with E-state index >= 15 is 0 Å². The lowest BCUT2D eigenvalue weighted by atomic mass is 10.1. The summed E-state index contributed by atoms with van der Waals surface area (Å²) in [5.74, 6) is 0. The van der Waals surface area contributed by atoms with Crippen LogP contribution in [0.15, 0.2) is 41.3 Å². The number of hydrogen-bond acceptors (Lipinski definition) is 4. The number of nitro benzene ring substituents is 1. The lowest BCUT2D eigenvalue weighted by Crippen LogP contribution is -2.00. The van der Waals surface area contributed by atoms with E-state index in [1.54, 1.807) is 12.1 Å². The molecule has 0 atom stereocenters. The Morgan fingerprint density at radius 2 is 1.65 bits per heavy atom. The summed E-state index contributed by atoms with van der Waals surface area (Å²) in [4.78, 5) is 9.83. The zero-order chi connectivity index (χ0) is 12.6. The molecule has 6 nitrogen and oxygen atoms in total. The number of benzene rings is 2. The molecule has 0 amide bonds. The van der Waals surface area contributed by atoms with Crippen molar-refractivity contribution in [1.29, 1.82) is 0 Å². The molecule has 0 radical (unpaired) electrons. The highest BCUT2D eigenvalue weighted by Gasteiger charge is 2.19. The Labute approximate surface area is 96.4 Å².